The van der Waals surface area contributed by atoms with Gasteiger partial charge >= 0.3 is 0 Å². The van der Waals surface area contributed by atoms with Crippen molar-refractivity contribution in [2.24, 2.45) is 11.8 Å². The Bertz CT molecular complexity index is 912. The fourth-order valence-corrected chi connectivity index (χ4v) is 3.45. The summed E-state index contributed by atoms with van der Waals surface area (Å²) in [6, 6.07) is 24.1. The van der Waals surface area contributed by atoms with Crippen molar-refractivity contribution in [1.82, 2.24) is 0 Å². The van der Waals surface area contributed by atoms with E-state index < -0.39 is 0 Å². The summed E-state index contributed by atoms with van der Waals surface area (Å²) in [5.41, 5.74) is 5.97. The predicted octanol–water partition coefficient (Wildman–Crippen LogP) is 7.48. The molecule has 0 fully saturated rings. The molecule has 0 heterocycles. The third kappa shape index (κ3) is 4.76. The average Bonchev–Trinajstić information content (AvgIpc) is 2.82. The van der Waals surface area contributed by atoms with Crippen LogP contribution >= 0.6 is 0 Å². The first-order valence-corrected chi connectivity index (χ1v) is 10.8. The largest absolute Gasteiger partial charge is 0.294 e. The summed E-state index contributed by atoms with van der Waals surface area (Å²) in [7, 11) is 0. The Morgan fingerprint density at radius 1 is 0.533 bits per heavy atom. The Labute approximate surface area is 180 Å². The van der Waals surface area contributed by atoms with E-state index in [-0.39, 0.29) is 23.4 Å². The number of ketones is 2. The Morgan fingerprint density at radius 2 is 0.767 bits per heavy atom. The van der Waals surface area contributed by atoms with Gasteiger partial charge in [0.2, 0.25) is 0 Å². The molecule has 0 aromatic heterocycles. The molecule has 3 rings (SSSR count). The molecule has 0 bridgehead atoms. The van der Waals surface area contributed by atoms with Crippen molar-refractivity contribution >= 4 is 11.6 Å². The molecule has 154 valence electrons. The van der Waals surface area contributed by atoms with Gasteiger partial charge in [-0.05, 0) is 35.1 Å². The van der Waals surface area contributed by atoms with Crippen LogP contribution < -0.4 is 0 Å². The SMILES string of the molecule is CC[C@@H](C)C(=O)c1ccc(-c2ccc(-c3ccc(C(=O)[C@H](C)CC)cc3)cc2)cc1. The maximum Gasteiger partial charge on any atom is 0.165 e. The van der Waals surface area contributed by atoms with Crippen LogP contribution in [0.2, 0.25) is 0 Å². The molecule has 0 amide bonds. The summed E-state index contributed by atoms with van der Waals surface area (Å²) >= 11 is 0. The molecule has 0 radical (unpaired) electrons. The summed E-state index contributed by atoms with van der Waals surface area (Å²) in [5, 5.41) is 0. The second kappa shape index (κ2) is 9.67. The minimum absolute atomic E-state index is 0.0574. The molecule has 0 spiro atoms. The van der Waals surface area contributed by atoms with Crippen LogP contribution in [0.15, 0.2) is 72.8 Å². The smallest absolute Gasteiger partial charge is 0.165 e. The number of Topliss-reactive ketones (excluding diaryl/α,β-unsaturated/α-hetero) is 2. The maximum absolute atomic E-state index is 12.3. The Morgan fingerprint density at radius 3 is 1.00 bits per heavy atom. The van der Waals surface area contributed by atoms with Crippen LogP contribution in [0.5, 0.6) is 0 Å². The number of carbonyl (C=O) groups is 2. The van der Waals surface area contributed by atoms with Crippen molar-refractivity contribution < 1.29 is 9.59 Å². The van der Waals surface area contributed by atoms with Gasteiger partial charge in [0.15, 0.2) is 11.6 Å². The summed E-state index contributed by atoms with van der Waals surface area (Å²) < 4.78 is 0. The van der Waals surface area contributed by atoms with E-state index in [1.165, 1.54) is 0 Å². The molecule has 3 aromatic rings. The summed E-state index contributed by atoms with van der Waals surface area (Å²) in [4.78, 5) is 24.6. The van der Waals surface area contributed by atoms with E-state index in [0.717, 1.165) is 46.2 Å². The maximum atomic E-state index is 12.3. The van der Waals surface area contributed by atoms with Gasteiger partial charge in [0.1, 0.15) is 0 Å². The first-order valence-electron chi connectivity index (χ1n) is 10.8. The van der Waals surface area contributed by atoms with Crippen molar-refractivity contribution in [2.45, 2.75) is 40.5 Å². The van der Waals surface area contributed by atoms with E-state index in [1.807, 2.05) is 76.2 Å². The van der Waals surface area contributed by atoms with E-state index >= 15 is 0 Å². The summed E-state index contributed by atoms with van der Waals surface area (Å²) in [5.74, 6) is 0.522. The number of benzene rings is 3. The molecule has 0 unspecified atom stereocenters. The second-order valence-corrected chi connectivity index (χ2v) is 8.08. The van der Waals surface area contributed by atoms with Crippen LogP contribution in [0, 0.1) is 11.8 Å². The van der Waals surface area contributed by atoms with Crippen molar-refractivity contribution in [2.75, 3.05) is 0 Å². The van der Waals surface area contributed by atoms with Crippen LogP contribution in [-0.4, -0.2) is 11.6 Å². The van der Waals surface area contributed by atoms with Crippen molar-refractivity contribution in [1.29, 1.82) is 0 Å². The van der Waals surface area contributed by atoms with Crippen LogP contribution in [0.1, 0.15) is 61.3 Å². The molecule has 2 nitrogen and oxygen atoms in total. The highest BCUT2D eigenvalue weighted by molar-refractivity contribution is 5.98. The second-order valence-electron chi connectivity index (χ2n) is 8.08. The third-order valence-corrected chi connectivity index (χ3v) is 6.01. The number of rotatable bonds is 8. The fraction of sp³-hybridized carbons (Fsp3) is 0.286. The lowest BCUT2D eigenvalue weighted by molar-refractivity contribution is 0.0920. The highest BCUT2D eigenvalue weighted by Crippen LogP contribution is 2.26. The standard InChI is InChI=1S/C28H30O2/c1-5-19(3)27(29)25-15-11-23(12-16-25)21-7-9-22(10-8-21)24-13-17-26(18-14-24)28(30)20(4)6-2/h7-20H,5-6H2,1-4H3/t19-,20-/m1/s1. The zero-order chi connectivity index (χ0) is 21.7. The number of hydrogen-bond acceptors (Lipinski definition) is 2. The van der Waals surface area contributed by atoms with Crippen LogP contribution in [0.4, 0.5) is 0 Å². The molecule has 2 atom stereocenters. The monoisotopic (exact) mass is 398 g/mol. The molecular formula is C28H30O2. The third-order valence-electron chi connectivity index (χ3n) is 6.01. The van der Waals surface area contributed by atoms with Crippen LogP contribution in [0.25, 0.3) is 22.3 Å². The molecule has 0 saturated carbocycles. The van der Waals surface area contributed by atoms with Crippen molar-refractivity contribution in [3.05, 3.63) is 83.9 Å². The van der Waals surface area contributed by atoms with Gasteiger partial charge in [-0.15, -0.1) is 0 Å². The number of hydrogen-bond donors (Lipinski definition) is 0. The van der Waals surface area contributed by atoms with Gasteiger partial charge < -0.3 is 0 Å². The van der Waals surface area contributed by atoms with Crippen LogP contribution in [-0.2, 0) is 0 Å². The molecule has 0 saturated heterocycles. The van der Waals surface area contributed by atoms with E-state index in [2.05, 4.69) is 24.3 Å². The first-order chi connectivity index (χ1) is 14.4. The predicted molar refractivity (Wildman–Crippen MR) is 125 cm³/mol. The fourth-order valence-electron chi connectivity index (χ4n) is 3.45. The highest BCUT2D eigenvalue weighted by atomic mass is 16.1. The zero-order valence-electron chi connectivity index (χ0n) is 18.3. The molecule has 0 aliphatic carbocycles. The van der Waals surface area contributed by atoms with E-state index in [9.17, 15) is 9.59 Å². The quantitative estimate of drug-likeness (QED) is 0.369. The van der Waals surface area contributed by atoms with Gasteiger partial charge in [0.25, 0.3) is 0 Å². The Kier molecular flexibility index (Phi) is 6.99. The Hall–Kier alpha value is -3.00. The molecule has 2 heteroatoms. The first kappa shape index (κ1) is 21.7. The topological polar surface area (TPSA) is 34.1 Å². The highest BCUT2D eigenvalue weighted by Gasteiger charge is 2.14. The van der Waals surface area contributed by atoms with E-state index in [4.69, 9.17) is 0 Å². The van der Waals surface area contributed by atoms with Gasteiger partial charge in [-0.1, -0.05) is 100 Å². The van der Waals surface area contributed by atoms with Gasteiger partial charge in [0, 0.05) is 23.0 Å². The molecule has 0 aliphatic heterocycles. The van der Waals surface area contributed by atoms with Gasteiger partial charge in [-0.3, -0.25) is 9.59 Å². The normalized spacial score (nSPS) is 12.9. The molecule has 0 N–H and O–H groups in total. The Balaban J connectivity index is 1.75. The molecule has 3 aromatic carbocycles. The molecular weight excluding hydrogens is 368 g/mol. The van der Waals surface area contributed by atoms with Gasteiger partial charge in [-0.2, -0.15) is 0 Å². The van der Waals surface area contributed by atoms with Crippen molar-refractivity contribution in [3.63, 3.8) is 0 Å². The summed E-state index contributed by atoms with van der Waals surface area (Å²) in [6.07, 6.45) is 1.71. The lowest BCUT2D eigenvalue weighted by atomic mass is 9.94. The van der Waals surface area contributed by atoms with Crippen molar-refractivity contribution in [3.8, 4) is 22.3 Å². The number of carbonyl (C=O) groups excluding carboxylic acids is 2. The molecule has 30 heavy (non-hydrogen) atoms. The summed E-state index contributed by atoms with van der Waals surface area (Å²) in [6.45, 7) is 8.02. The van der Waals surface area contributed by atoms with Crippen LogP contribution in [0.3, 0.4) is 0 Å². The van der Waals surface area contributed by atoms with E-state index in [1.54, 1.807) is 0 Å². The average molecular weight is 399 g/mol. The van der Waals surface area contributed by atoms with E-state index in [0.29, 0.717) is 0 Å². The van der Waals surface area contributed by atoms with Gasteiger partial charge in [-0.25, -0.2) is 0 Å². The minimum atomic E-state index is 0.0574. The molecule has 0 aliphatic rings. The zero-order valence-corrected chi connectivity index (χ0v) is 18.3. The lowest BCUT2D eigenvalue weighted by Gasteiger charge is -2.10. The lowest BCUT2D eigenvalue weighted by Crippen LogP contribution is -2.09. The minimum Gasteiger partial charge on any atom is -0.294 e. The van der Waals surface area contributed by atoms with Gasteiger partial charge in [0.05, 0.1) is 0 Å².